The zero-order valence-electron chi connectivity index (χ0n) is 7.30. The predicted molar refractivity (Wildman–Crippen MR) is 43.6 cm³/mol. The van der Waals surface area contributed by atoms with Crippen LogP contribution in [0.15, 0.2) is 0 Å². The highest BCUT2D eigenvalue weighted by Gasteiger charge is 2.40. The van der Waals surface area contributed by atoms with Gasteiger partial charge >= 0.3 is 0 Å². The lowest BCUT2D eigenvalue weighted by molar-refractivity contribution is -0.142. The smallest absolute Gasteiger partial charge is 0.264 e. The van der Waals surface area contributed by atoms with Crippen LogP contribution >= 0.6 is 0 Å². The maximum absolute atomic E-state index is 10.8. The maximum Gasteiger partial charge on any atom is 0.264 e. The first-order chi connectivity index (χ1) is 6.04. The zero-order valence-corrected chi connectivity index (χ0v) is 8.12. The van der Waals surface area contributed by atoms with Crippen molar-refractivity contribution in [2.24, 2.45) is 0 Å². The second-order valence-corrected chi connectivity index (χ2v) is 4.98. The summed E-state index contributed by atoms with van der Waals surface area (Å²) in [5.74, 6) is 0. The van der Waals surface area contributed by atoms with Crippen LogP contribution in [0.1, 0.15) is 12.8 Å². The number of hydrogen-bond acceptors (Lipinski definition) is 5. The Morgan fingerprint density at radius 3 is 2.85 bits per heavy atom. The Hall–Kier alpha value is -0.170. The molecule has 2 bridgehead atoms. The molecule has 0 aromatic heterocycles. The van der Waals surface area contributed by atoms with E-state index >= 15 is 0 Å². The highest BCUT2D eigenvalue weighted by atomic mass is 32.2. The molecular formula is C7H12O5S. The van der Waals surface area contributed by atoms with Crippen LogP contribution in [0.2, 0.25) is 0 Å². The van der Waals surface area contributed by atoms with Gasteiger partial charge in [0, 0.05) is 0 Å². The van der Waals surface area contributed by atoms with Gasteiger partial charge in [-0.2, -0.15) is 8.42 Å². The Morgan fingerprint density at radius 2 is 2.15 bits per heavy atom. The monoisotopic (exact) mass is 208 g/mol. The fourth-order valence-electron chi connectivity index (χ4n) is 1.62. The van der Waals surface area contributed by atoms with E-state index in [4.69, 9.17) is 13.7 Å². The molecule has 0 radical (unpaired) electrons. The summed E-state index contributed by atoms with van der Waals surface area (Å²) in [6, 6.07) is 0. The standard InChI is InChI=1S/C7H12O5S/c1-13(8,9)12-6-3-2-5-4-10-7(6)11-5/h5-7H,2-4H2,1H3/t5-,6-,7+/m0/s1. The van der Waals surface area contributed by atoms with Crippen molar-refractivity contribution < 1.29 is 22.1 Å². The van der Waals surface area contributed by atoms with Gasteiger partial charge in [0.15, 0.2) is 6.29 Å². The molecule has 0 N–H and O–H groups in total. The normalized spacial score (nSPS) is 39.3. The average Bonchev–Trinajstić information content (AvgIpc) is 2.37. The van der Waals surface area contributed by atoms with Gasteiger partial charge < -0.3 is 9.47 Å². The van der Waals surface area contributed by atoms with E-state index in [9.17, 15) is 8.42 Å². The molecule has 3 atom stereocenters. The quantitative estimate of drug-likeness (QED) is 0.591. The highest BCUT2D eigenvalue weighted by Crippen LogP contribution is 2.29. The zero-order chi connectivity index (χ0) is 9.47. The van der Waals surface area contributed by atoms with Crippen molar-refractivity contribution in [3.63, 3.8) is 0 Å². The van der Waals surface area contributed by atoms with Gasteiger partial charge in [0.25, 0.3) is 10.1 Å². The van der Waals surface area contributed by atoms with Crippen LogP contribution in [0, 0.1) is 0 Å². The van der Waals surface area contributed by atoms with Gasteiger partial charge in [0.1, 0.15) is 6.10 Å². The van der Waals surface area contributed by atoms with Crippen molar-refractivity contribution in [2.75, 3.05) is 12.9 Å². The second kappa shape index (κ2) is 3.20. The van der Waals surface area contributed by atoms with E-state index in [1.165, 1.54) is 0 Å². The molecule has 0 aromatic rings. The molecule has 2 rings (SSSR count). The van der Waals surface area contributed by atoms with Crippen molar-refractivity contribution in [3.05, 3.63) is 0 Å². The molecule has 2 heterocycles. The van der Waals surface area contributed by atoms with E-state index in [1.54, 1.807) is 0 Å². The van der Waals surface area contributed by atoms with Crippen molar-refractivity contribution in [3.8, 4) is 0 Å². The Kier molecular flexibility index (Phi) is 2.31. The molecule has 13 heavy (non-hydrogen) atoms. The molecule has 2 aliphatic heterocycles. The fourth-order valence-corrected chi connectivity index (χ4v) is 2.26. The third-order valence-corrected chi connectivity index (χ3v) is 2.74. The Balaban J connectivity index is 2.00. The van der Waals surface area contributed by atoms with Crippen LogP contribution in [-0.4, -0.2) is 39.8 Å². The maximum atomic E-state index is 10.8. The van der Waals surface area contributed by atoms with Crippen molar-refractivity contribution in [1.29, 1.82) is 0 Å². The van der Waals surface area contributed by atoms with Gasteiger partial charge in [-0.25, -0.2) is 0 Å². The highest BCUT2D eigenvalue weighted by molar-refractivity contribution is 7.86. The molecule has 0 spiro atoms. The lowest BCUT2D eigenvalue weighted by Gasteiger charge is -2.25. The molecule has 0 aliphatic carbocycles. The summed E-state index contributed by atoms with van der Waals surface area (Å²) in [7, 11) is -3.41. The summed E-state index contributed by atoms with van der Waals surface area (Å²) >= 11 is 0. The first-order valence-electron chi connectivity index (χ1n) is 4.20. The molecule has 76 valence electrons. The van der Waals surface area contributed by atoms with Crippen molar-refractivity contribution in [1.82, 2.24) is 0 Å². The van der Waals surface area contributed by atoms with Gasteiger partial charge in [0.05, 0.1) is 19.0 Å². The molecule has 0 saturated carbocycles. The summed E-state index contributed by atoms with van der Waals surface area (Å²) in [5.41, 5.74) is 0. The van der Waals surface area contributed by atoms with E-state index in [-0.39, 0.29) is 6.10 Å². The number of rotatable bonds is 2. The Bertz CT molecular complexity index is 285. The molecule has 2 fully saturated rings. The Labute approximate surface area is 77.1 Å². The third kappa shape index (κ3) is 2.19. The van der Waals surface area contributed by atoms with Crippen LogP contribution in [0.5, 0.6) is 0 Å². The second-order valence-electron chi connectivity index (χ2n) is 3.38. The minimum absolute atomic E-state index is 0.129. The molecule has 0 amide bonds. The summed E-state index contributed by atoms with van der Waals surface area (Å²) in [6.07, 6.45) is 1.69. The van der Waals surface area contributed by atoms with Gasteiger partial charge in [-0.1, -0.05) is 0 Å². The summed E-state index contributed by atoms with van der Waals surface area (Å²) in [5, 5.41) is 0. The lowest BCUT2D eigenvalue weighted by Crippen LogP contribution is -2.36. The van der Waals surface area contributed by atoms with Crippen LogP contribution in [-0.2, 0) is 23.8 Å². The summed E-state index contributed by atoms with van der Waals surface area (Å²) < 4.78 is 37.1. The number of hydrogen-bond donors (Lipinski definition) is 0. The van der Waals surface area contributed by atoms with E-state index in [0.717, 1.165) is 12.7 Å². The van der Waals surface area contributed by atoms with Crippen LogP contribution in [0.4, 0.5) is 0 Å². The fraction of sp³-hybridized carbons (Fsp3) is 1.00. The minimum Gasteiger partial charge on any atom is -0.347 e. The molecule has 0 aromatic carbocycles. The molecular weight excluding hydrogens is 196 g/mol. The third-order valence-electron chi connectivity index (χ3n) is 2.15. The number of ether oxygens (including phenoxy) is 2. The molecule has 2 saturated heterocycles. The van der Waals surface area contributed by atoms with Crippen LogP contribution < -0.4 is 0 Å². The van der Waals surface area contributed by atoms with Gasteiger partial charge in [-0.3, -0.25) is 4.18 Å². The largest absolute Gasteiger partial charge is 0.347 e. The van der Waals surface area contributed by atoms with Crippen molar-refractivity contribution in [2.45, 2.75) is 31.3 Å². The molecule has 5 nitrogen and oxygen atoms in total. The van der Waals surface area contributed by atoms with Crippen LogP contribution in [0.3, 0.4) is 0 Å². The van der Waals surface area contributed by atoms with E-state index in [1.807, 2.05) is 0 Å². The van der Waals surface area contributed by atoms with E-state index in [0.29, 0.717) is 13.0 Å². The SMILES string of the molecule is CS(=O)(=O)O[C@H]1CC[C@H]2CO[C@@H]1O2. The molecule has 6 heteroatoms. The van der Waals surface area contributed by atoms with Crippen molar-refractivity contribution >= 4 is 10.1 Å². The lowest BCUT2D eigenvalue weighted by atomic mass is 10.1. The summed E-state index contributed by atoms with van der Waals surface area (Å²) in [6.45, 7) is 0.550. The topological polar surface area (TPSA) is 61.8 Å². The summed E-state index contributed by atoms with van der Waals surface area (Å²) in [4.78, 5) is 0. The number of fused-ring (bicyclic) bond motifs is 2. The predicted octanol–water partition coefficient (Wildman–Crippen LogP) is -0.133. The average molecular weight is 208 g/mol. The van der Waals surface area contributed by atoms with Gasteiger partial charge in [-0.15, -0.1) is 0 Å². The Morgan fingerprint density at radius 1 is 1.38 bits per heavy atom. The van der Waals surface area contributed by atoms with Gasteiger partial charge in [-0.05, 0) is 12.8 Å². The minimum atomic E-state index is -3.41. The molecule has 2 aliphatic rings. The first-order valence-corrected chi connectivity index (χ1v) is 6.01. The van der Waals surface area contributed by atoms with E-state index in [2.05, 4.69) is 0 Å². The van der Waals surface area contributed by atoms with Gasteiger partial charge in [0.2, 0.25) is 0 Å². The van der Waals surface area contributed by atoms with E-state index < -0.39 is 22.5 Å². The first kappa shape index (κ1) is 9.39. The molecule has 0 unspecified atom stereocenters. The van der Waals surface area contributed by atoms with Crippen LogP contribution in [0.25, 0.3) is 0 Å².